The first-order valence-corrected chi connectivity index (χ1v) is 7.31. The maximum Gasteiger partial charge on any atom is 0.150 e. The number of ether oxygens (including phenoxy) is 1. The van der Waals surface area contributed by atoms with Crippen LogP contribution in [0.1, 0.15) is 62.2 Å². The van der Waals surface area contributed by atoms with Crippen molar-refractivity contribution in [1.29, 1.82) is 0 Å². The van der Waals surface area contributed by atoms with E-state index < -0.39 is 0 Å². The van der Waals surface area contributed by atoms with Crippen molar-refractivity contribution in [2.75, 3.05) is 7.11 Å². The zero-order valence-electron chi connectivity index (χ0n) is 12.6. The first-order chi connectivity index (χ1) is 9.78. The van der Waals surface area contributed by atoms with Crippen LogP contribution in [-0.4, -0.2) is 19.7 Å². The molecule has 0 aliphatic heterocycles. The van der Waals surface area contributed by atoms with Gasteiger partial charge in [-0.3, -0.25) is 4.79 Å². The Labute approximate surface area is 122 Å². The van der Waals surface area contributed by atoms with Crippen molar-refractivity contribution in [3.05, 3.63) is 29.8 Å². The van der Waals surface area contributed by atoms with E-state index in [-0.39, 0.29) is 0 Å². The lowest BCUT2D eigenvalue weighted by Gasteiger charge is -1.97. The lowest BCUT2D eigenvalue weighted by Crippen LogP contribution is -1.84. The van der Waals surface area contributed by atoms with E-state index in [0.29, 0.717) is 11.3 Å². The lowest BCUT2D eigenvalue weighted by molar-refractivity contribution is -0.107. The molecule has 1 rings (SSSR count). The van der Waals surface area contributed by atoms with Crippen LogP contribution < -0.4 is 4.74 Å². The first kappa shape index (κ1) is 18.4. The summed E-state index contributed by atoms with van der Waals surface area (Å²) in [5.74, 6) is 0.713. The molecule has 0 fully saturated rings. The summed E-state index contributed by atoms with van der Waals surface area (Å²) in [6, 6.07) is 7.00. The number of methoxy groups -OCH3 is 1. The van der Waals surface area contributed by atoms with Crippen LogP contribution in [0, 0.1) is 0 Å². The molecule has 0 bridgehead atoms. The number of unbranched alkanes of at least 4 members (excludes halogenated alkanes) is 6. The number of aldehydes is 2. The Morgan fingerprint density at radius 1 is 1.05 bits per heavy atom. The molecule has 1 aromatic rings. The molecule has 0 aromatic heterocycles. The minimum Gasteiger partial charge on any atom is -0.497 e. The van der Waals surface area contributed by atoms with Crippen molar-refractivity contribution in [3.63, 3.8) is 0 Å². The van der Waals surface area contributed by atoms with Gasteiger partial charge in [0.05, 0.1) is 7.11 Å². The molecule has 3 heteroatoms. The van der Waals surface area contributed by atoms with E-state index in [0.717, 1.165) is 25.4 Å². The molecule has 0 amide bonds. The fourth-order valence-electron chi connectivity index (χ4n) is 1.72. The van der Waals surface area contributed by atoms with Crippen molar-refractivity contribution in [2.24, 2.45) is 0 Å². The maximum absolute atomic E-state index is 10.2. The molecule has 0 radical (unpaired) electrons. The number of rotatable bonds is 9. The topological polar surface area (TPSA) is 43.4 Å². The lowest BCUT2D eigenvalue weighted by atomic mass is 10.1. The maximum atomic E-state index is 10.2. The van der Waals surface area contributed by atoms with E-state index in [2.05, 4.69) is 6.92 Å². The van der Waals surface area contributed by atoms with E-state index in [9.17, 15) is 9.59 Å². The molecule has 0 aliphatic rings. The van der Waals surface area contributed by atoms with Gasteiger partial charge in [0.15, 0.2) is 0 Å². The molecule has 0 atom stereocenters. The van der Waals surface area contributed by atoms with Gasteiger partial charge in [-0.2, -0.15) is 0 Å². The SMILES string of the molecule is CCCCCCCCC=O.COc1cccc(C=O)c1. The highest BCUT2D eigenvalue weighted by molar-refractivity contribution is 5.75. The van der Waals surface area contributed by atoms with Crippen molar-refractivity contribution in [2.45, 2.75) is 51.9 Å². The fourth-order valence-corrected chi connectivity index (χ4v) is 1.72. The summed E-state index contributed by atoms with van der Waals surface area (Å²) < 4.78 is 4.90. The van der Waals surface area contributed by atoms with Crippen LogP contribution in [-0.2, 0) is 4.79 Å². The zero-order chi connectivity index (χ0) is 15.1. The molecular formula is C17H26O3. The van der Waals surface area contributed by atoms with E-state index in [1.807, 2.05) is 0 Å². The van der Waals surface area contributed by atoms with Gasteiger partial charge in [-0.1, -0.05) is 51.2 Å². The Hall–Kier alpha value is -1.64. The van der Waals surface area contributed by atoms with Crippen molar-refractivity contribution >= 4 is 12.6 Å². The summed E-state index contributed by atoms with van der Waals surface area (Å²) in [5.41, 5.74) is 0.638. The Bertz CT molecular complexity index is 361. The Kier molecular flexibility index (Phi) is 12.7. The zero-order valence-corrected chi connectivity index (χ0v) is 12.6. The van der Waals surface area contributed by atoms with E-state index in [4.69, 9.17) is 4.74 Å². The Morgan fingerprint density at radius 3 is 2.35 bits per heavy atom. The van der Waals surface area contributed by atoms with E-state index >= 15 is 0 Å². The van der Waals surface area contributed by atoms with Crippen LogP contribution >= 0.6 is 0 Å². The van der Waals surface area contributed by atoms with E-state index in [1.165, 1.54) is 32.1 Å². The van der Waals surface area contributed by atoms with Crippen molar-refractivity contribution < 1.29 is 14.3 Å². The third kappa shape index (κ3) is 10.3. The third-order valence-corrected chi connectivity index (χ3v) is 2.91. The number of carbonyl (C=O) groups excluding carboxylic acids is 2. The standard InChI is InChI=1S/C9H18O.C8H8O2/c1-2-3-4-5-6-7-8-9-10;1-10-8-4-2-3-7(5-8)6-9/h9H,2-8H2,1H3;2-6H,1H3. The van der Waals surface area contributed by atoms with Crippen LogP contribution in [0.3, 0.4) is 0 Å². The predicted octanol–water partition coefficient (Wildman–Crippen LogP) is 4.44. The van der Waals surface area contributed by atoms with Gasteiger partial charge in [-0.25, -0.2) is 0 Å². The van der Waals surface area contributed by atoms with Gasteiger partial charge in [-0.15, -0.1) is 0 Å². The highest BCUT2D eigenvalue weighted by Crippen LogP contribution is 2.10. The average molecular weight is 278 g/mol. The van der Waals surface area contributed by atoms with Crippen LogP contribution in [0.15, 0.2) is 24.3 Å². The summed E-state index contributed by atoms with van der Waals surface area (Å²) in [7, 11) is 1.57. The molecule has 0 N–H and O–H groups in total. The molecule has 0 spiro atoms. The summed E-state index contributed by atoms with van der Waals surface area (Å²) in [6.45, 7) is 2.21. The van der Waals surface area contributed by atoms with Gasteiger partial charge in [0.1, 0.15) is 18.3 Å². The molecular weight excluding hydrogens is 252 g/mol. The van der Waals surface area contributed by atoms with Gasteiger partial charge in [0, 0.05) is 12.0 Å². The average Bonchev–Trinajstić information content (AvgIpc) is 2.51. The molecule has 0 saturated heterocycles. The molecule has 3 nitrogen and oxygen atoms in total. The quantitative estimate of drug-likeness (QED) is 0.495. The van der Waals surface area contributed by atoms with Crippen molar-refractivity contribution in [1.82, 2.24) is 0 Å². The van der Waals surface area contributed by atoms with Crippen LogP contribution in [0.4, 0.5) is 0 Å². The van der Waals surface area contributed by atoms with Gasteiger partial charge < -0.3 is 9.53 Å². The predicted molar refractivity (Wildman–Crippen MR) is 82.4 cm³/mol. The fraction of sp³-hybridized carbons (Fsp3) is 0.529. The monoisotopic (exact) mass is 278 g/mol. The highest BCUT2D eigenvalue weighted by atomic mass is 16.5. The normalized spacial score (nSPS) is 9.30. The highest BCUT2D eigenvalue weighted by Gasteiger charge is 1.91. The molecule has 0 unspecified atom stereocenters. The minimum absolute atomic E-state index is 0.638. The number of benzene rings is 1. The third-order valence-electron chi connectivity index (χ3n) is 2.91. The molecule has 20 heavy (non-hydrogen) atoms. The summed E-state index contributed by atoms with van der Waals surface area (Å²) in [6.07, 6.45) is 10.2. The second-order valence-electron chi connectivity index (χ2n) is 4.62. The largest absolute Gasteiger partial charge is 0.497 e. The van der Waals surface area contributed by atoms with Gasteiger partial charge in [0.2, 0.25) is 0 Å². The summed E-state index contributed by atoms with van der Waals surface area (Å²) >= 11 is 0. The van der Waals surface area contributed by atoms with Crippen LogP contribution in [0.2, 0.25) is 0 Å². The van der Waals surface area contributed by atoms with E-state index in [1.54, 1.807) is 31.4 Å². The van der Waals surface area contributed by atoms with Crippen LogP contribution in [0.5, 0.6) is 5.75 Å². The molecule has 0 saturated carbocycles. The summed E-state index contributed by atoms with van der Waals surface area (Å²) in [5, 5.41) is 0. The van der Waals surface area contributed by atoms with Crippen LogP contribution in [0.25, 0.3) is 0 Å². The molecule has 112 valence electrons. The van der Waals surface area contributed by atoms with Crippen molar-refractivity contribution in [3.8, 4) is 5.75 Å². The number of hydrogen-bond donors (Lipinski definition) is 0. The van der Waals surface area contributed by atoms with Gasteiger partial charge in [-0.05, 0) is 18.6 Å². The number of carbonyl (C=O) groups is 2. The second-order valence-corrected chi connectivity index (χ2v) is 4.62. The second kappa shape index (κ2) is 13.8. The molecule has 1 aromatic carbocycles. The molecule has 0 aliphatic carbocycles. The molecule has 0 heterocycles. The number of hydrogen-bond acceptors (Lipinski definition) is 3. The first-order valence-electron chi connectivity index (χ1n) is 7.31. The Balaban J connectivity index is 0.000000361. The van der Waals surface area contributed by atoms with Gasteiger partial charge >= 0.3 is 0 Å². The minimum atomic E-state index is 0.638. The summed E-state index contributed by atoms with van der Waals surface area (Å²) in [4.78, 5) is 20.1. The van der Waals surface area contributed by atoms with Gasteiger partial charge in [0.25, 0.3) is 0 Å². The Morgan fingerprint density at radius 2 is 1.75 bits per heavy atom. The smallest absolute Gasteiger partial charge is 0.150 e.